The zero-order valence-electron chi connectivity index (χ0n) is 31.5. The Balaban J connectivity index is 0.000000284. The van der Waals surface area contributed by atoms with Gasteiger partial charge >= 0.3 is 0 Å². The number of nitrogens with zero attached hydrogens (tertiary/aromatic N) is 5. The molecule has 0 atom stereocenters. The van der Waals surface area contributed by atoms with Crippen LogP contribution in [0.1, 0.15) is 96.4 Å². The molecule has 2 saturated carbocycles. The summed E-state index contributed by atoms with van der Waals surface area (Å²) in [6.07, 6.45) is 7.34. The van der Waals surface area contributed by atoms with Crippen LogP contribution in [0.3, 0.4) is 0 Å². The van der Waals surface area contributed by atoms with Crippen molar-refractivity contribution in [3.05, 3.63) is 58.4 Å². The molecular weight excluding hydrogens is 743 g/mol. The molecule has 3 aromatic heterocycles. The number of imidazole rings is 1. The van der Waals surface area contributed by atoms with E-state index in [1.54, 1.807) is 44.1 Å². The summed E-state index contributed by atoms with van der Waals surface area (Å²) in [5, 5.41) is 7.98. The van der Waals surface area contributed by atoms with Crippen molar-refractivity contribution in [3.63, 3.8) is 0 Å². The van der Waals surface area contributed by atoms with Crippen molar-refractivity contribution >= 4 is 52.1 Å². The first-order chi connectivity index (χ1) is 26.1. The van der Waals surface area contributed by atoms with Gasteiger partial charge in [0.15, 0.2) is 17.5 Å². The van der Waals surface area contributed by atoms with Gasteiger partial charge in [-0.2, -0.15) is 4.39 Å². The van der Waals surface area contributed by atoms with E-state index >= 15 is 4.39 Å². The largest absolute Gasteiger partial charge is 0.347 e. The van der Waals surface area contributed by atoms with Gasteiger partial charge in [0.1, 0.15) is 11.1 Å². The number of carbonyl (C=O) groups excluding carboxylic acids is 2. The summed E-state index contributed by atoms with van der Waals surface area (Å²) < 4.78 is 70.6. The van der Waals surface area contributed by atoms with E-state index in [2.05, 4.69) is 30.9 Å². The molecule has 0 radical (unpaired) electrons. The Labute approximate surface area is 321 Å². The average molecular weight is 789 g/mol. The molecule has 55 heavy (non-hydrogen) atoms. The number of pyridine rings is 2. The second-order valence-corrected chi connectivity index (χ2v) is 15.8. The number of rotatable bonds is 8. The number of carbonyl (C=O) groups is 2. The lowest BCUT2D eigenvalue weighted by molar-refractivity contribution is -0.123. The van der Waals surface area contributed by atoms with Gasteiger partial charge in [0.2, 0.25) is 18.3 Å². The first kappa shape index (κ1) is 40.3. The first-order valence-corrected chi connectivity index (χ1v) is 19.0. The Hall–Kier alpha value is -4.37. The quantitative estimate of drug-likeness (QED) is 0.0709. The maximum absolute atomic E-state index is 15.7. The molecule has 16 heteroatoms. The highest BCUT2D eigenvalue weighted by atomic mass is 35.5. The van der Waals surface area contributed by atoms with E-state index < -0.39 is 35.0 Å². The molecule has 3 N–H and O–H groups in total. The number of aromatic nitrogens is 4. The molecule has 5 heterocycles. The molecule has 0 unspecified atom stereocenters. The van der Waals surface area contributed by atoms with E-state index in [1.165, 1.54) is 38.4 Å². The van der Waals surface area contributed by atoms with E-state index in [4.69, 9.17) is 11.6 Å². The van der Waals surface area contributed by atoms with Gasteiger partial charge in [-0.05, 0) is 116 Å². The minimum Gasteiger partial charge on any atom is -0.347 e. The van der Waals surface area contributed by atoms with Crippen LogP contribution in [0.15, 0.2) is 24.5 Å². The number of nitrogens with one attached hydrogen (secondary N) is 3. The first-order valence-electron chi connectivity index (χ1n) is 18.6. The summed E-state index contributed by atoms with van der Waals surface area (Å²) in [6.45, 7) is 11.5. The van der Waals surface area contributed by atoms with Gasteiger partial charge in [-0.1, -0.05) is 18.0 Å². The Bertz CT molecular complexity index is 2070. The lowest BCUT2D eigenvalue weighted by Crippen LogP contribution is -2.46. The number of piperidine rings is 1. The number of hydrogen-bond donors (Lipinski definition) is 3. The lowest BCUT2D eigenvalue weighted by Gasteiger charge is -2.35. The minimum absolute atomic E-state index is 0.0330. The summed E-state index contributed by atoms with van der Waals surface area (Å²) in [4.78, 5) is 38.2. The fourth-order valence-corrected chi connectivity index (χ4v) is 7.07. The van der Waals surface area contributed by atoms with Crippen LogP contribution in [0.5, 0.6) is 0 Å². The van der Waals surface area contributed by atoms with Crippen LogP contribution in [0.4, 0.5) is 39.1 Å². The van der Waals surface area contributed by atoms with Gasteiger partial charge in [-0.25, -0.2) is 32.5 Å². The Kier molecular flexibility index (Phi) is 11.7. The van der Waals surface area contributed by atoms with Crippen LogP contribution in [0.2, 0.25) is 5.02 Å². The number of aryl methyl sites for hydroxylation is 1. The summed E-state index contributed by atoms with van der Waals surface area (Å²) in [5.74, 6) is -3.06. The van der Waals surface area contributed by atoms with E-state index in [9.17, 15) is 27.2 Å². The van der Waals surface area contributed by atoms with Crippen molar-refractivity contribution < 1.29 is 31.5 Å². The molecule has 8 rings (SSSR count). The maximum atomic E-state index is 15.7. The normalized spacial score (nSPS) is 18.3. The molecule has 296 valence electrons. The van der Waals surface area contributed by atoms with Gasteiger partial charge in [-0.15, -0.1) is 0 Å². The maximum Gasteiger partial charge on any atom is 0.261 e. The van der Waals surface area contributed by atoms with Crippen molar-refractivity contribution in [1.29, 1.82) is 0 Å². The zero-order valence-corrected chi connectivity index (χ0v) is 32.3. The third kappa shape index (κ3) is 7.87. The lowest BCUT2D eigenvalue weighted by atomic mass is 9.89. The van der Waals surface area contributed by atoms with Crippen molar-refractivity contribution in [2.24, 2.45) is 0 Å². The minimum atomic E-state index is -2.41. The smallest absolute Gasteiger partial charge is 0.261 e. The SMILES string of the molecule is C1CCNCC1.Cc1cc(Nc2nc(-c3cc4c(nc3F)C(C)(C)C(=O)N4C3CCC3)cc3ncn(C(C)C)c23)c(F)c(F)c1Cl.O=CNC1(C(F)F)CC1. The van der Waals surface area contributed by atoms with E-state index in [-0.39, 0.29) is 45.8 Å². The predicted molar refractivity (Wildman–Crippen MR) is 203 cm³/mol. The molecule has 2 aliphatic heterocycles. The number of benzene rings is 1. The fourth-order valence-electron chi connectivity index (χ4n) is 6.93. The topological polar surface area (TPSA) is 117 Å². The molecule has 3 fully saturated rings. The second kappa shape index (κ2) is 16.0. The molecule has 1 saturated heterocycles. The summed E-state index contributed by atoms with van der Waals surface area (Å²) in [5.41, 5.74) is 0.298. The monoisotopic (exact) mass is 788 g/mol. The van der Waals surface area contributed by atoms with Crippen molar-refractivity contribution in [1.82, 2.24) is 30.2 Å². The number of alkyl halides is 2. The fraction of sp³-hybridized carbons (Fsp3) is 0.513. The van der Waals surface area contributed by atoms with Gasteiger partial charge in [0.25, 0.3) is 6.43 Å². The predicted octanol–water partition coefficient (Wildman–Crippen LogP) is 8.66. The Morgan fingerprint density at radius 2 is 1.69 bits per heavy atom. The number of anilines is 3. The molecule has 0 spiro atoms. The van der Waals surface area contributed by atoms with E-state index in [1.807, 2.05) is 18.4 Å². The third-order valence-corrected chi connectivity index (χ3v) is 11.2. The van der Waals surface area contributed by atoms with Crippen LogP contribution < -0.4 is 20.9 Å². The summed E-state index contributed by atoms with van der Waals surface area (Å²) in [6, 6.07) is 4.65. The van der Waals surface area contributed by atoms with Crippen molar-refractivity contribution in [3.8, 4) is 11.3 Å². The average Bonchev–Trinajstić information content (AvgIpc) is 3.76. The van der Waals surface area contributed by atoms with Gasteiger partial charge in [-0.3, -0.25) is 9.59 Å². The molecule has 4 aromatic rings. The van der Waals surface area contributed by atoms with Crippen molar-refractivity contribution in [2.45, 2.75) is 115 Å². The number of halogens is 6. The van der Waals surface area contributed by atoms with Crippen molar-refractivity contribution in [2.75, 3.05) is 23.3 Å². The molecule has 4 aliphatic rings. The number of amides is 2. The zero-order chi connectivity index (χ0) is 39.8. The highest BCUT2D eigenvalue weighted by molar-refractivity contribution is 6.31. The Morgan fingerprint density at radius 3 is 2.20 bits per heavy atom. The molecular formula is C39H46ClF5N8O2. The molecule has 1 aromatic carbocycles. The van der Waals surface area contributed by atoms with Crippen LogP contribution in [0, 0.1) is 24.5 Å². The Morgan fingerprint density at radius 1 is 1.00 bits per heavy atom. The molecule has 2 aliphatic carbocycles. The van der Waals surface area contributed by atoms with Gasteiger partial charge < -0.3 is 25.4 Å². The van der Waals surface area contributed by atoms with E-state index in [0.29, 0.717) is 47.2 Å². The second-order valence-electron chi connectivity index (χ2n) is 15.4. The standard InChI is InChI=1S/C29H28ClF3N6O.C5H7F2NO.C5H11N/c1-13(2)38-12-34-19-11-17(35-27(24(19)38)36-18-9-14(3)21(30)23(32)22(18)31)16-10-20-25(37-26(16)33)29(4,5)28(40)39(20)15-7-6-8-15;6-4(7)5(1-2-5)8-3-9;1-2-4-6-5-3-1/h9-13,15H,6-8H2,1-5H3,(H,35,36);3-4H,1-2H2,(H,8,9);6H,1-5H2. The van der Waals surface area contributed by atoms with Crippen LogP contribution in [-0.2, 0) is 15.0 Å². The molecule has 0 bridgehead atoms. The number of fused-ring (bicyclic) bond motifs is 2. The number of hydrogen-bond acceptors (Lipinski definition) is 7. The van der Waals surface area contributed by atoms with E-state index in [0.717, 1.165) is 19.3 Å². The molecule has 2 amide bonds. The molecule has 10 nitrogen and oxygen atoms in total. The van der Waals surface area contributed by atoms with Crippen LogP contribution in [0.25, 0.3) is 22.3 Å². The summed E-state index contributed by atoms with van der Waals surface area (Å²) >= 11 is 5.90. The van der Waals surface area contributed by atoms with Gasteiger partial charge in [0.05, 0.1) is 50.6 Å². The third-order valence-electron chi connectivity index (χ3n) is 10.7. The van der Waals surface area contributed by atoms with Crippen LogP contribution >= 0.6 is 11.6 Å². The summed E-state index contributed by atoms with van der Waals surface area (Å²) in [7, 11) is 0. The van der Waals surface area contributed by atoms with Crippen LogP contribution in [-0.4, -0.2) is 62.9 Å². The highest BCUT2D eigenvalue weighted by Gasteiger charge is 2.51. The van der Waals surface area contributed by atoms with Gasteiger partial charge in [0, 0.05) is 12.1 Å². The highest BCUT2D eigenvalue weighted by Crippen LogP contribution is 2.47.